The number of hydrogen-bond acceptors (Lipinski definition) is 3. The Hall–Kier alpha value is -1.82. The predicted octanol–water partition coefficient (Wildman–Crippen LogP) is 2.64. The lowest BCUT2D eigenvalue weighted by Gasteiger charge is -2.15. The van der Waals surface area contributed by atoms with Crippen molar-refractivity contribution in [1.29, 1.82) is 0 Å². The van der Waals surface area contributed by atoms with Crippen molar-refractivity contribution in [1.82, 2.24) is 10.2 Å². The molecular formula is C14H19N3O2S. The first-order chi connectivity index (χ1) is 9.49. The fraction of sp³-hybridized carbons (Fsp3) is 0.357. The number of benzene rings is 1. The number of aromatic nitrogens is 2. The maximum Gasteiger partial charge on any atom is 0.265 e. The second-order valence-corrected chi connectivity index (χ2v) is 6.27. The van der Waals surface area contributed by atoms with Gasteiger partial charge in [-0.15, -0.1) is 0 Å². The van der Waals surface area contributed by atoms with Crippen LogP contribution in [0.5, 0.6) is 0 Å². The molecule has 0 aliphatic carbocycles. The Morgan fingerprint density at radius 1 is 1.20 bits per heavy atom. The van der Waals surface area contributed by atoms with Gasteiger partial charge < -0.3 is 0 Å². The van der Waals surface area contributed by atoms with E-state index in [0.29, 0.717) is 11.4 Å². The van der Waals surface area contributed by atoms with Crippen LogP contribution in [0.2, 0.25) is 0 Å². The van der Waals surface area contributed by atoms with Gasteiger partial charge in [-0.3, -0.25) is 9.82 Å². The van der Waals surface area contributed by atoms with Crippen LogP contribution >= 0.6 is 0 Å². The van der Waals surface area contributed by atoms with Gasteiger partial charge in [0.15, 0.2) is 0 Å². The number of nitrogens with zero attached hydrogens (tertiary/aromatic N) is 1. The van der Waals surface area contributed by atoms with E-state index in [9.17, 15) is 8.42 Å². The maximum atomic E-state index is 12.4. The lowest BCUT2D eigenvalue weighted by molar-refractivity contribution is 0.600. The normalized spacial score (nSPS) is 11.6. The van der Waals surface area contributed by atoms with Crippen molar-refractivity contribution in [2.45, 2.75) is 38.5 Å². The quantitative estimate of drug-likeness (QED) is 0.890. The third-order valence-corrected chi connectivity index (χ3v) is 4.77. The van der Waals surface area contributed by atoms with E-state index < -0.39 is 10.0 Å². The molecule has 0 unspecified atom stereocenters. The van der Waals surface area contributed by atoms with Gasteiger partial charge in [-0.05, 0) is 30.9 Å². The average Bonchev–Trinajstić information content (AvgIpc) is 2.85. The van der Waals surface area contributed by atoms with Crippen LogP contribution in [0.15, 0.2) is 29.3 Å². The summed E-state index contributed by atoms with van der Waals surface area (Å²) < 4.78 is 27.6. The highest BCUT2D eigenvalue weighted by Crippen LogP contribution is 2.26. The third kappa shape index (κ3) is 2.70. The van der Waals surface area contributed by atoms with Gasteiger partial charge in [0.05, 0.1) is 17.6 Å². The van der Waals surface area contributed by atoms with Crippen molar-refractivity contribution in [2.75, 3.05) is 4.72 Å². The van der Waals surface area contributed by atoms with Crippen LogP contribution in [0.1, 0.15) is 30.7 Å². The standard InChI is InChI=1S/C14H19N3O2S/c1-4-11-7-6-8-12(5-2)14(11)17-20(18,19)13-9-15-16-10(13)3/h6-9,17H,4-5H2,1-3H3,(H,15,16). The monoisotopic (exact) mass is 293 g/mol. The van der Waals surface area contributed by atoms with Crippen molar-refractivity contribution in [3.05, 3.63) is 41.2 Å². The summed E-state index contributed by atoms with van der Waals surface area (Å²) in [7, 11) is -3.61. The molecule has 0 aliphatic rings. The second kappa shape index (κ2) is 5.66. The number of H-pyrrole nitrogens is 1. The summed E-state index contributed by atoms with van der Waals surface area (Å²) in [5.74, 6) is 0. The Bertz CT molecular complexity index is 683. The Morgan fingerprint density at radius 2 is 1.80 bits per heavy atom. The zero-order valence-electron chi connectivity index (χ0n) is 11.9. The smallest absolute Gasteiger partial charge is 0.265 e. The van der Waals surface area contributed by atoms with Crippen LogP contribution in [0.4, 0.5) is 5.69 Å². The van der Waals surface area contributed by atoms with Crippen LogP contribution in [0, 0.1) is 6.92 Å². The number of rotatable bonds is 5. The van der Waals surface area contributed by atoms with Crippen molar-refractivity contribution in [3.63, 3.8) is 0 Å². The second-order valence-electron chi connectivity index (χ2n) is 4.62. The van der Waals surface area contributed by atoms with E-state index in [1.165, 1.54) is 6.20 Å². The molecule has 6 heteroatoms. The SMILES string of the molecule is CCc1cccc(CC)c1NS(=O)(=O)c1cn[nH]c1C. The predicted molar refractivity (Wildman–Crippen MR) is 79.3 cm³/mol. The highest BCUT2D eigenvalue weighted by molar-refractivity contribution is 7.92. The number of para-hydroxylation sites is 1. The van der Waals surface area contributed by atoms with E-state index in [2.05, 4.69) is 14.9 Å². The summed E-state index contributed by atoms with van der Waals surface area (Å²) in [5.41, 5.74) is 3.21. The zero-order valence-corrected chi connectivity index (χ0v) is 12.7. The lowest BCUT2D eigenvalue weighted by atomic mass is 10.0. The summed E-state index contributed by atoms with van der Waals surface area (Å²) in [5, 5.41) is 6.42. The molecule has 0 saturated carbocycles. The van der Waals surface area contributed by atoms with Crippen LogP contribution in [-0.2, 0) is 22.9 Å². The molecule has 0 atom stereocenters. The molecule has 0 fully saturated rings. The molecule has 2 N–H and O–H groups in total. The zero-order chi connectivity index (χ0) is 14.8. The van der Waals surface area contributed by atoms with Crippen molar-refractivity contribution < 1.29 is 8.42 Å². The third-order valence-electron chi connectivity index (χ3n) is 3.31. The molecule has 0 amide bonds. The largest absolute Gasteiger partial charge is 0.281 e. The highest BCUT2D eigenvalue weighted by Gasteiger charge is 2.20. The maximum absolute atomic E-state index is 12.4. The van der Waals surface area contributed by atoms with Crippen LogP contribution in [0.3, 0.4) is 0 Å². The van der Waals surface area contributed by atoms with Gasteiger partial charge >= 0.3 is 0 Å². The van der Waals surface area contributed by atoms with Gasteiger partial charge in [0.2, 0.25) is 0 Å². The number of anilines is 1. The first kappa shape index (κ1) is 14.6. The van der Waals surface area contributed by atoms with E-state index in [0.717, 1.165) is 24.0 Å². The number of aromatic amines is 1. The lowest BCUT2D eigenvalue weighted by Crippen LogP contribution is -2.16. The summed E-state index contributed by atoms with van der Waals surface area (Å²) in [6.07, 6.45) is 2.88. The number of aryl methyl sites for hydroxylation is 3. The molecule has 5 nitrogen and oxygen atoms in total. The fourth-order valence-electron chi connectivity index (χ4n) is 2.17. The number of hydrogen-bond donors (Lipinski definition) is 2. The minimum Gasteiger partial charge on any atom is -0.281 e. The first-order valence-electron chi connectivity index (χ1n) is 6.63. The van der Waals surface area contributed by atoms with E-state index in [1.807, 2.05) is 32.0 Å². The topological polar surface area (TPSA) is 74.8 Å². The van der Waals surface area contributed by atoms with E-state index >= 15 is 0 Å². The molecule has 2 rings (SSSR count). The molecule has 108 valence electrons. The molecule has 1 heterocycles. The average molecular weight is 293 g/mol. The Kier molecular flexibility index (Phi) is 4.13. The summed E-state index contributed by atoms with van der Waals surface area (Å²) >= 11 is 0. The number of sulfonamides is 1. The van der Waals surface area contributed by atoms with Crippen LogP contribution in [0.25, 0.3) is 0 Å². The molecule has 0 saturated heterocycles. The van der Waals surface area contributed by atoms with Crippen molar-refractivity contribution in [3.8, 4) is 0 Å². The van der Waals surface area contributed by atoms with Crippen molar-refractivity contribution in [2.24, 2.45) is 0 Å². The Balaban J connectivity index is 2.47. The minimum atomic E-state index is -3.61. The molecule has 0 aliphatic heterocycles. The van der Waals surface area contributed by atoms with Crippen molar-refractivity contribution >= 4 is 15.7 Å². The molecule has 0 bridgehead atoms. The Morgan fingerprint density at radius 3 is 2.25 bits per heavy atom. The molecule has 0 radical (unpaired) electrons. The molecule has 2 aromatic rings. The molecule has 1 aromatic carbocycles. The van der Waals surface area contributed by atoms with E-state index in [-0.39, 0.29) is 4.90 Å². The van der Waals surface area contributed by atoms with Crippen LogP contribution in [-0.4, -0.2) is 18.6 Å². The van der Waals surface area contributed by atoms with Gasteiger partial charge in [0, 0.05) is 0 Å². The minimum absolute atomic E-state index is 0.186. The first-order valence-corrected chi connectivity index (χ1v) is 8.11. The fourth-order valence-corrected chi connectivity index (χ4v) is 3.45. The summed E-state index contributed by atoms with van der Waals surface area (Å²) in [4.78, 5) is 0.186. The van der Waals surface area contributed by atoms with Gasteiger partial charge in [0.1, 0.15) is 4.90 Å². The van der Waals surface area contributed by atoms with Gasteiger partial charge in [-0.1, -0.05) is 32.0 Å². The van der Waals surface area contributed by atoms with E-state index in [4.69, 9.17) is 0 Å². The highest BCUT2D eigenvalue weighted by atomic mass is 32.2. The van der Waals surface area contributed by atoms with Gasteiger partial charge in [0.25, 0.3) is 10.0 Å². The molecule has 0 spiro atoms. The summed E-state index contributed by atoms with van der Waals surface area (Å²) in [6.45, 7) is 5.71. The molecular weight excluding hydrogens is 274 g/mol. The molecule has 20 heavy (non-hydrogen) atoms. The van der Waals surface area contributed by atoms with Gasteiger partial charge in [-0.25, -0.2) is 8.42 Å². The molecule has 1 aromatic heterocycles. The van der Waals surface area contributed by atoms with Gasteiger partial charge in [-0.2, -0.15) is 5.10 Å². The number of nitrogens with one attached hydrogen (secondary N) is 2. The van der Waals surface area contributed by atoms with E-state index in [1.54, 1.807) is 6.92 Å². The summed E-state index contributed by atoms with van der Waals surface area (Å²) in [6, 6.07) is 5.84. The Labute approximate surface area is 119 Å². The van der Waals surface area contributed by atoms with Crippen LogP contribution < -0.4 is 4.72 Å².